The maximum absolute atomic E-state index is 13.2. The molecule has 0 aliphatic heterocycles. The molecular formula is C24H21N3O4S. The Labute approximate surface area is 187 Å². The number of carbonyl (C=O) groups is 2. The number of rotatable bonds is 7. The van der Waals surface area contributed by atoms with Crippen molar-refractivity contribution in [2.45, 2.75) is 26.4 Å². The fourth-order valence-corrected chi connectivity index (χ4v) is 4.26. The van der Waals surface area contributed by atoms with Crippen LogP contribution in [0.25, 0.3) is 10.9 Å². The number of thiophene rings is 1. The van der Waals surface area contributed by atoms with E-state index in [1.165, 1.54) is 16.1 Å². The van der Waals surface area contributed by atoms with Crippen molar-refractivity contribution in [1.29, 1.82) is 0 Å². The zero-order valence-electron chi connectivity index (χ0n) is 17.4. The minimum absolute atomic E-state index is 0.110. The van der Waals surface area contributed by atoms with E-state index in [0.717, 1.165) is 4.88 Å². The summed E-state index contributed by atoms with van der Waals surface area (Å²) in [5.74, 6) is -0.539. The summed E-state index contributed by atoms with van der Waals surface area (Å²) in [6.07, 6.45) is 0.551. The van der Waals surface area contributed by atoms with Crippen LogP contribution in [0.15, 0.2) is 75.6 Å². The first-order chi connectivity index (χ1) is 15.4. The topological polar surface area (TPSA) is 90.2 Å². The van der Waals surface area contributed by atoms with Gasteiger partial charge in [0.25, 0.3) is 5.56 Å². The molecule has 0 spiro atoms. The summed E-state index contributed by atoms with van der Waals surface area (Å²) in [5.41, 5.74) is 0.451. The molecule has 2 aromatic heterocycles. The molecule has 2 aromatic carbocycles. The standard InChI is InChI=1S/C24H21N3O4S/c1-16(28)17-6-4-7-18(14-17)25-22(29)15-27-21-10-3-2-9-20(21)23(30)26(24(27)31)12-11-19-8-5-13-32-19/h2-10,13-14H,11-12,15H2,1H3,(H,25,29). The minimum atomic E-state index is -0.530. The van der Waals surface area contributed by atoms with Gasteiger partial charge < -0.3 is 5.32 Å². The number of hydrogen-bond acceptors (Lipinski definition) is 5. The number of hydrogen-bond donors (Lipinski definition) is 1. The first-order valence-corrected chi connectivity index (χ1v) is 11.0. The van der Waals surface area contributed by atoms with Crippen LogP contribution in [-0.4, -0.2) is 20.8 Å². The molecule has 0 unspecified atom stereocenters. The van der Waals surface area contributed by atoms with Crippen molar-refractivity contribution < 1.29 is 9.59 Å². The van der Waals surface area contributed by atoms with Crippen molar-refractivity contribution in [3.8, 4) is 0 Å². The van der Waals surface area contributed by atoms with E-state index in [2.05, 4.69) is 5.32 Å². The summed E-state index contributed by atoms with van der Waals surface area (Å²) in [4.78, 5) is 51.6. The molecule has 0 aliphatic carbocycles. The Morgan fingerprint density at radius 2 is 1.78 bits per heavy atom. The number of Topliss-reactive ketones (excluding diaryl/α,β-unsaturated/α-hetero) is 1. The third-order valence-electron chi connectivity index (χ3n) is 5.15. The number of para-hydroxylation sites is 1. The summed E-state index contributed by atoms with van der Waals surface area (Å²) < 4.78 is 2.50. The SMILES string of the molecule is CC(=O)c1cccc(NC(=O)Cn2c(=O)n(CCc3cccs3)c(=O)c3ccccc32)c1. The van der Waals surface area contributed by atoms with Crippen LogP contribution in [0, 0.1) is 0 Å². The molecule has 162 valence electrons. The molecule has 1 N–H and O–H groups in total. The van der Waals surface area contributed by atoms with Gasteiger partial charge in [-0.05, 0) is 49.1 Å². The Balaban J connectivity index is 1.67. The smallest absolute Gasteiger partial charge is 0.325 e. The lowest BCUT2D eigenvalue weighted by Gasteiger charge is -2.14. The Hall–Kier alpha value is -3.78. The van der Waals surface area contributed by atoms with E-state index in [1.54, 1.807) is 59.9 Å². The number of ketones is 1. The molecule has 0 radical (unpaired) electrons. The number of benzene rings is 2. The van der Waals surface area contributed by atoms with Gasteiger partial charge in [0.05, 0.1) is 10.9 Å². The van der Waals surface area contributed by atoms with Crippen LogP contribution < -0.4 is 16.6 Å². The predicted molar refractivity (Wildman–Crippen MR) is 126 cm³/mol. The van der Waals surface area contributed by atoms with Gasteiger partial charge >= 0.3 is 5.69 Å². The van der Waals surface area contributed by atoms with Gasteiger partial charge in [-0.2, -0.15) is 0 Å². The maximum Gasteiger partial charge on any atom is 0.331 e. The van der Waals surface area contributed by atoms with Crippen molar-refractivity contribution in [1.82, 2.24) is 9.13 Å². The monoisotopic (exact) mass is 447 g/mol. The van der Waals surface area contributed by atoms with Gasteiger partial charge in [-0.3, -0.25) is 23.5 Å². The van der Waals surface area contributed by atoms with Crippen molar-refractivity contribution in [3.63, 3.8) is 0 Å². The van der Waals surface area contributed by atoms with Gasteiger partial charge in [-0.1, -0.05) is 30.3 Å². The third kappa shape index (κ3) is 4.45. The second kappa shape index (κ2) is 9.15. The molecule has 8 heteroatoms. The van der Waals surface area contributed by atoms with Crippen LogP contribution in [0.2, 0.25) is 0 Å². The molecule has 4 rings (SSSR count). The fraction of sp³-hybridized carbons (Fsp3) is 0.167. The molecule has 0 aliphatic rings. The van der Waals surface area contributed by atoms with Crippen LogP contribution in [0.4, 0.5) is 5.69 Å². The van der Waals surface area contributed by atoms with Crippen molar-refractivity contribution in [3.05, 3.63) is 97.3 Å². The molecule has 0 fully saturated rings. The summed E-state index contributed by atoms with van der Waals surface area (Å²) in [5, 5.41) is 5.06. The molecule has 0 atom stereocenters. The molecule has 1 amide bonds. The molecule has 0 bridgehead atoms. The van der Waals surface area contributed by atoms with Crippen molar-refractivity contribution >= 4 is 39.6 Å². The number of aryl methyl sites for hydroxylation is 1. The zero-order chi connectivity index (χ0) is 22.7. The number of carbonyl (C=O) groups excluding carboxylic acids is 2. The number of amides is 1. The maximum atomic E-state index is 13.2. The molecule has 2 heterocycles. The number of fused-ring (bicyclic) bond motifs is 1. The van der Waals surface area contributed by atoms with Gasteiger partial charge in [0.15, 0.2) is 5.78 Å². The van der Waals surface area contributed by atoms with Crippen molar-refractivity contribution in [2.75, 3.05) is 5.32 Å². The summed E-state index contributed by atoms with van der Waals surface area (Å²) in [6.45, 7) is 1.42. The minimum Gasteiger partial charge on any atom is -0.325 e. The second-order valence-electron chi connectivity index (χ2n) is 7.36. The predicted octanol–water partition coefficient (Wildman–Crippen LogP) is 3.31. The largest absolute Gasteiger partial charge is 0.331 e. The number of nitrogens with zero attached hydrogens (tertiary/aromatic N) is 2. The van der Waals surface area contributed by atoms with Crippen LogP contribution in [-0.2, 0) is 24.3 Å². The van der Waals surface area contributed by atoms with Crippen molar-refractivity contribution in [2.24, 2.45) is 0 Å². The van der Waals surface area contributed by atoms with E-state index in [9.17, 15) is 19.2 Å². The number of anilines is 1. The zero-order valence-corrected chi connectivity index (χ0v) is 18.2. The quantitative estimate of drug-likeness (QED) is 0.440. The van der Waals surface area contributed by atoms with Gasteiger partial charge in [0.2, 0.25) is 5.91 Å². The molecule has 0 saturated carbocycles. The highest BCUT2D eigenvalue weighted by Gasteiger charge is 2.16. The molecule has 7 nitrogen and oxygen atoms in total. The Kier molecular flexibility index (Phi) is 6.13. The highest BCUT2D eigenvalue weighted by molar-refractivity contribution is 7.09. The number of aromatic nitrogens is 2. The summed E-state index contributed by atoms with van der Waals surface area (Å²) in [6, 6.07) is 17.3. The van der Waals surface area contributed by atoms with Crippen LogP contribution in [0.3, 0.4) is 0 Å². The highest BCUT2D eigenvalue weighted by Crippen LogP contribution is 2.13. The average molecular weight is 448 g/mol. The normalized spacial score (nSPS) is 10.9. The van der Waals surface area contributed by atoms with Gasteiger partial charge in [0.1, 0.15) is 6.54 Å². The van der Waals surface area contributed by atoms with E-state index < -0.39 is 11.6 Å². The van der Waals surface area contributed by atoms with Gasteiger partial charge in [-0.25, -0.2) is 4.79 Å². The van der Waals surface area contributed by atoms with E-state index in [1.807, 2.05) is 17.5 Å². The summed E-state index contributed by atoms with van der Waals surface area (Å²) >= 11 is 1.56. The lowest BCUT2D eigenvalue weighted by atomic mass is 10.1. The van der Waals surface area contributed by atoms with Crippen LogP contribution in [0.1, 0.15) is 22.2 Å². The lowest BCUT2D eigenvalue weighted by Crippen LogP contribution is -2.42. The van der Waals surface area contributed by atoms with Crippen LogP contribution in [0.5, 0.6) is 0 Å². The Morgan fingerprint density at radius 1 is 0.969 bits per heavy atom. The molecule has 4 aromatic rings. The van der Waals surface area contributed by atoms with E-state index in [4.69, 9.17) is 0 Å². The van der Waals surface area contributed by atoms with Gasteiger partial charge in [0, 0.05) is 22.7 Å². The van der Waals surface area contributed by atoms with Gasteiger partial charge in [-0.15, -0.1) is 11.3 Å². The van der Waals surface area contributed by atoms with Crippen LogP contribution >= 0.6 is 11.3 Å². The second-order valence-corrected chi connectivity index (χ2v) is 8.39. The first-order valence-electron chi connectivity index (χ1n) is 10.1. The lowest BCUT2D eigenvalue weighted by molar-refractivity contribution is -0.116. The number of nitrogens with one attached hydrogen (secondary N) is 1. The third-order valence-corrected chi connectivity index (χ3v) is 6.08. The van der Waals surface area contributed by atoms with E-state index in [0.29, 0.717) is 28.6 Å². The average Bonchev–Trinajstić information content (AvgIpc) is 3.30. The molecule has 0 saturated heterocycles. The Morgan fingerprint density at radius 3 is 2.53 bits per heavy atom. The fourth-order valence-electron chi connectivity index (χ4n) is 3.56. The highest BCUT2D eigenvalue weighted by atomic mass is 32.1. The first kappa shape index (κ1) is 21.5. The molecule has 32 heavy (non-hydrogen) atoms. The molecular weight excluding hydrogens is 426 g/mol. The van der Waals surface area contributed by atoms with E-state index >= 15 is 0 Å². The van der Waals surface area contributed by atoms with E-state index in [-0.39, 0.29) is 24.4 Å². The Bertz CT molecular complexity index is 1420. The summed E-state index contributed by atoms with van der Waals surface area (Å²) in [7, 11) is 0.